The molecule has 0 spiro atoms. The third kappa shape index (κ3) is 1.98. The zero-order chi connectivity index (χ0) is 11.7. The van der Waals surface area contributed by atoms with Gasteiger partial charge in [0.15, 0.2) is 5.65 Å². The lowest BCUT2D eigenvalue weighted by atomic mass is 10.5. The normalized spacial score (nSPS) is 10.9. The Hall–Kier alpha value is -1.60. The fourth-order valence-electron chi connectivity index (χ4n) is 1.41. The van der Waals surface area contributed by atoms with Crippen LogP contribution in [0, 0.1) is 0 Å². The minimum absolute atomic E-state index is 0.587. The van der Waals surface area contributed by atoms with Gasteiger partial charge in [0.25, 0.3) is 0 Å². The van der Waals surface area contributed by atoms with Crippen LogP contribution in [0.4, 0.5) is 5.95 Å². The third-order valence-electron chi connectivity index (χ3n) is 2.17. The van der Waals surface area contributed by atoms with Crippen molar-refractivity contribution in [2.75, 3.05) is 12.4 Å². The van der Waals surface area contributed by atoms with Gasteiger partial charge >= 0.3 is 0 Å². The molecule has 0 fully saturated rings. The molecule has 86 valence electrons. The average molecular weight is 263 g/mol. The summed E-state index contributed by atoms with van der Waals surface area (Å²) in [5.74, 6) is 0.587. The molecule has 0 aliphatic heterocycles. The number of fused-ring (bicyclic) bond motifs is 1. The van der Waals surface area contributed by atoms with E-state index in [0.29, 0.717) is 11.6 Å². The number of H-pyrrole nitrogens is 1. The van der Waals surface area contributed by atoms with Crippen molar-refractivity contribution in [3.8, 4) is 0 Å². The first-order chi connectivity index (χ1) is 8.36. The molecule has 7 heteroatoms. The van der Waals surface area contributed by atoms with Gasteiger partial charge in [0, 0.05) is 7.05 Å². The van der Waals surface area contributed by atoms with E-state index in [1.807, 2.05) is 11.4 Å². The minimum atomic E-state index is 0.587. The van der Waals surface area contributed by atoms with Crippen LogP contribution in [0.1, 0.15) is 0 Å². The van der Waals surface area contributed by atoms with Gasteiger partial charge in [-0.1, -0.05) is 17.8 Å². The van der Waals surface area contributed by atoms with Crippen LogP contribution in [-0.4, -0.2) is 27.0 Å². The molecule has 0 bridgehead atoms. The summed E-state index contributed by atoms with van der Waals surface area (Å²) in [6, 6.07) is 4.09. The molecule has 0 aliphatic carbocycles. The molecule has 0 amide bonds. The molecule has 3 rings (SSSR count). The van der Waals surface area contributed by atoms with Crippen LogP contribution in [0.25, 0.3) is 11.2 Å². The quantitative estimate of drug-likeness (QED) is 0.711. The zero-order valence-corrected chi connectivity index (χ0v) is 10.6. The summed E-state index contributed by atoms with van der Waals surface area (Å²) in [6.45, 7) is 0. The topological polar surface area (TPSA) is 66.5 Å². The predicted molar refractivity (Wildman–Crippen MR) is 69.7 cm³/mol. The van der Waals surface area contributed by atoms with Crippen molar-refractivity contribution in [1.82, 2.24) is 19.9 Å². The van der Waals surface area contributed by atoms with Gasteiger partial charge in [0.05, 0.1) is 10.5 Å². The van der Waals surface area contributed by atoms with Crippen molar-refractivity contribution in [3.05, 3.63) is 23.8 Å². The Morgan fingerprint density at radius 2 is 2.35 bits per heavy atom. The molecule has 3 heterocycles. The summed E-state index contributed by atoms with van der Waals surface area (Å²) in [6.07, 6.45) is 1.64. The number of aromatic amines is 1. The summed E-state index contributed by atoms with van der Waals surface area (Å²) in [5, 5.41) is 5.88. The second-order valence-corrected chi connectivity index (χ2v) is 5.47. The first kappa shape index (κ1) is 10.5. The molecule has 17 heavy (non-hydrogen) atoms. The van der Waals surface area contributed by atoms with E-state index in [1.165, 1.54) is 4.21 Å². The molecule has 0 atom stereocenters. The Morgan fingerprint density at radius 1 is 1.41 bits per heavy atom. The van der Waals surface area contributed by atoms with E-state index in [-0.39, 0.29) is 0 Å². The number of thiophene rings is 1. The van der Waals surface area contributed by atoms with E-state index in [9.17, 15) is 0 Å². The highest BCUT2D eigenvalue weighted by Crippen LogP contribution is 2.33. The number of imidazole rings is 1. The highest BCUT2D eigenvalue weighted by Gasteiger charge is 2.10. The summed E-state index contributed by atoms with van der Waals surface area (Å²) in [5.41, 5.74) is 1.56. The largest absolute Gasteiger partial charge is 0.357 e. The van der Waals surface area contributed by atoms with Crippen molar-refractivity contribution >= 4 is 40.2 Å². The van der Waals surface area contributed by atoms with Crippen LogP contribution < -0.4 is 5.32 Å². The molecule has 3 aromatic rings. The van der Waals surface area contributed by atoms with Crippen LogP contribution in [0.15, 0.2) is 33.1 Å². The van der Waals surface area contributed by atoms with Crippen molar-refractivity contribution < 1.29 is 0 Å². The number of hydrogen-bond acceptors (Lipinski definition) is 6. The lowest BCUT2D eigenvalue weighted by Gasteiger charge is -2.02. The lowest BCUT2D eigenvalue weighted by molar-refractivity contribution is 1.08. The van der Waals surface area contributed by atoms with Gasteiger partial charge in [-0.15, -0.1) is 11.3 Å². The summed E-state index contributed by atoms with van der Waals surface area (Å²) in [4.78, 5) is 15.9. The highest BCUT2D eigenvalue weighted by molar-refractivity contribution is 8.01. The number of rotatable bonds is 3. The number of hydrogen-bond donors (Lipinski definition) is 2. The van der Waals surface area contributed by atoms with Gasteiger partial charge in [0.1, 0.15) is 10.5 Å². The van der Waals surface area contributed by atoms with Gasteiger partial charge in [-0.2, -0.15) is 4.98 Å². The van der Waals surface area contributed by atoms with E-state index in [4.69, 9.17) is 0 Å². The van der Waals surface area contributed by atoms with Gasteiger partial charge in [-0.25, -0.2) is 9.97 Å². The molecule has 2 N–H and O–H groups in total. The smallest absolute Gasteiger partial charge is 0.225 e. The van der Waals surface area contributed by atoms with Gasteiger partial charge in [-0.05, 0) is 11.4 Å². The van der Waals surface area contributed by atoms with E-state index in [2.05, 4.69) is 31.3 Å². The maximum absolute atomic E-state index is 4.44. The fourth-order valence-corrected chi connectivity index (χ4v) is 3.17. The Balaban J connectivity index is 2.10. The highest BCUT2D eigenvalue weighted by atomic mass is 32.2. The molecular formula is C10H9N5S2. The molecule has 0 aliphatic rings. The van der Waals surface area contributed by atoms with E-state index < -0.39 is 0 Å². The van der Waals surface area contributed by atoms with Crippen LogP contribution in [0.2, 0.25) is 0 Å². The summed E-state index contributed by atoms with van der Waals surface area (Å²) < 4.78 is 1.20. The second kappa shape index (κ2) is 4.34. The molecule has 0 saturated heterocycles. The first-order valence-electron chi connectivity index (χ1n) is 4.97. The average Bonchev–Trinajstić information content (AvgIpc) is 2.98. The second-order valence-electron chi connectivity index (χ2n) is 3.24. The molecule has 0 unspecified atom stereocenters. The van der Waals surface area contributed by atoms with Crippen LogP contribution in [0.3, 0.4) is 0 Å². The maximum atomic E-state index is 4.44. The Bertz CT molecular complexity index is 631. The molecule has 0 aromatic carbocycles. The Morgan fingerprint density at radius 3 is 3.12 bits per heavy atom. The molecular weight excluding hydrogens is 254 g/mol. The number of anilines is 1. The molecule has 5 nitrogen and oxygen atoms in total. The molecule has 0 saturated carbocycles. The van der Waals surface area contributed by atoms with E-state index in [0.717, 1.165) is 10.5 Å². The SMILES string of the molecule is CNc1nc(Sc2cccs2)c2[nH]cnc2n1. The van der Waals surface area contributed by atoms with Crippen molar-refractivity contribution in [3.63, 3.8) is 0 Å². The number of nitrogens with zero attached hydrogens (tertiary/aromatic N) is 3. The molecule has 0 radical (unpaired) electrons. The summed E-state index contributed by atoms with van der Waals surface area (Å²) >= 11 is 3.30. The lowest BCUT2D eigenvalue weighted by Crippen LogP contribution is -1.97. The third-order valence-corrected chi connectivity index (χ3v) is 4.19. The first-order valence-corrected chi connectivity index (χ1v) is 6.66. The van der Waals surface area contributed by atoms with E-state index >= 15 is 0 Å². The van der Waals surface area contributed by atoms with Crippen LogP contribution in [0.5, 0.6) is 0 Å². The molecule has 3 aromatic heterocycles. The van der Waals surface area contributed by atoms with Gasteiger partial charge in [0.2, 0.25) is 5.95 Å². The standard InChI is InChI=1S/C10H9N5S2/c1-11-10-14-8-7(12-5-13-8)9(15-10)17-6-3-2-4-16-6/h2-5H,1H3,(H2,11,12,13,14,15). The number of nitrogens with one attached hydrogen (secondary N) is 2. The Labute approximate surface area is 106 Å². The van der Waals surface area contributed by atoms with Crippen LogP contribution >= 0.6 is 23.1 Å². The van der Waals surface area contributed by atoms with Gasteiger partial charge < -0.3 is 10.3 Å². The minimum Gasteiger partial charge on any atom is -0.357 e. The van der Waals surface area contributed by atoms with Crippen molar-refractivity contribution in [2.24, 2.45) is 0 Å². The zero-order valence-electron chi connectivity index (χ0n) is 8.97. The predicted octanol–water partition coefficient (Wildman–Crippen LogP) is 2.61. The van der Waals surface area contributed by atoms with Crippen LogP contribution in [-0.2, 0) is 0 Å². The van der Waals surface area contributed by atoms with Crippen molar-refractivity contribution in [2.45, 2.75) is 9.24 Å². The van der Waals surface area contributed by atoms with E-state index in [1.54, 1.807) is 36.5 Å². The summed E-state index contributed by atoms with van der Waals surface area (Å²) in [7, 11) is 1.80. The fraction of sp³-hybridized carbons (Fsp3) is 0.100. The van der Waals surface area contributed by atoms with Crippen molar-refractivity contribution in [1.29, 1.82) is 0 Å². The monoisotopic (exact) mass is 263 g/mol. The maximum Gasteiger partial charge on any atom is 0.225 e. The number of aromatic nitrogens is 4. The van der Waals surface area contributed by atoms with Gasteiger partial charge in [-0.3, -0.25) is 0 Å². The Kier molecular flexibility index (Phi) is 2.69.